The fraction of sp³-hybridized carbons (Fsp3) is 0.250. The molecule has 0 aliphatic rings. The zero-order valence-corrected chi connectivity index (χ0v) is 12.5. The van der Waals surface area contributed by atoms with Gasteiger partial charge in [-0.3, -0.25) is 0 Å². The molecule has 0 amide bonds. The smallest absolute Gasteiger partial charge is 0.0540 e. The van der Waals surface area contributed by atoms with E-state index < -0.39 is 0 Å². The van der Waals surface area contributed by atoms with Crippen LogP contribution in [0.4, 0.5) is 0 Å². The molecule has 0 N–H and O–H groups in total. The third-order valence-corrected chi connectivity index (χ3v) is 7.25. The molecule has 0 fully saturated rings. The third-order valence-electron chi connectivity index (χ3n) is 0.771. The van der Waals surface area contributed by atoms with Crippen molar-refractivity contribution in [3.8, 4) is 0 Å². The molecule has 0 spiro atoms. The standard InChI is InChI=1S/C8H12S6/c1-3-9-7-13-11-5-6-12-14-8-10-4-2/h3-6H,1-2,7-8H2. The van der Waals surface area contributed by atoms with Gasteiger partial charge in [0, 0.05) is 0 Å². The highest BCUT2D eigenvalue weighted by atomic mass is 33.1. The average Bonchev–Trinajstić information content (AvgIpc) is 2.21. The lowest BCUT2D eigenvalue weighted by atomic mass is 11.3. The van der Waals surface area contributed by atoms with Crippen LogP contribution in [0.15, 0.2) is 34.8 Å². The van der Waals surface area contributed by atoms with E-state index >= 15 is 0 Å². The maximum Gasteiger partial charge on any atom is 0.0540 e. The quantitative estimate of drug-likeness (QED) is 0.278. The third kappa shape index (κ3) is 13.3. The Kier molecular flexibility index (Phi) is 15.7. The Bertz CT molecular complexity index is 149. The first-order chi connectivity index (χ1) is 6.91. The lowest BCUT2D eigenvalue weighted by molar-refractivity contribution is 2.30. The molecule has 0 radical (unpaired) electrons. The second-order valence-corrected chi connectivity index (χ2v) is 8.79. The van der Waals surface area contributed by atoms with Crippen molar-refractivity contribution in [3.63, 3.8) is 0 Å². The van der Waals surface area contributed by atoms with E-state index in [0.717, 1.165) is 10.2 Å². The molecule has 0 bridgehead atoms. The van der Waals surface area contributed by atoms with Gasteiger partial charge in [-0.25, -0.2) is 0 Å². The summed E-state index contributed by atoms with van der Waals surface area (Å²) in [5.74, 6) is 0. The highest BCUT2D eigenvalue weighted by Gasteiger charge is 1.85. The van der Waals surface area contributed by atoms with Crippen molar-refractivity contribution >= 4 is 66.7 Å². The minimum atomic E-state index is 1.06. The molecule has 0 aromatic heterocycles. The fourth-order valence-electron chi connectivity index (χ4n) is 0.331. The van der Waals surface area contributed by atoms with Gasteiger partial charge in [-0.15, -0.1) is 23.5 Å². The van der Waals surface area contributed by atoms with Gasteiger partial charge in [0.1, 0.15) is 0 Å². The Labute approximate surface area is 111 Å². The van der Waals surface area contributed by atoms with Crippen molar-refractivity contribution in [1.29, 1.82) is 0 Å². The molecule has 0 saturated heterocycles. The first-order valence-corrected chi connectivity index (χ1v) is 10.4. The van der Waals surface area contributed by atoms with Crippen LogP contribution in [0.2, 0.25) is 0 Å². The van der Waals surface area contributed by atoms with Crippen molar-refractivity contribution in [2.24, 2.45) is 0 Å². The lowest BCUT2D eigenvalue weighted by Crippen LogP contribution is -1.57. The van der Waals surface area contributed by atoms with E-state index in [1.807, 2.05) is 32.4 Å². The summed E-state index contributed by atoms with van der Waals surface area (Å²) >= 11 is 3.46. The van der Waals surface area contributed by atoms with Crippen LogP contribution in [0.25, 0.3) is 0 Å². The Morgan fingerprint density at radius 2 is 1.21 bits per heavy atom. The fourth-order valence-corrected chi connectivity index (χ4v) is 5.80. The summed E-state index contributed by atoms with van der Waals surface area (Å²) in [6.45, 7) is 7.28. The minimum Gasteiger partial charge on any atom is -0.123 e. The van der Waals surface area contributed by atoms with Crippen LogP contribution >= 0.6 is 66.7 Å². The molecule has 0 aliphatic heterocycles. The first kappa shape index (κ1) is 15.3. The zero-order chi connectivity index (χ0) is 10.5. The summed E-state index contributed by atoms with van der Waals surface area (Å²) in [6, 6.07) is 0. The van der Waals surface area contributed by atoms with Crippen molar-refractivity contribution in [2.45, 2.75) is 0 Å². The Morgan fingerprint density at radius 1 is 0.786 bits per heavy atom. The van der Waals surface area contributed by atoms with Crippen molar-refractivity contribution in [1.82, 2.24) is 0 Å². The highest BCUT2D eigenvalue weighted by Crippen LogP contribution is 2.31. The largest absolute Gasteiger partial charge is 0.123 e. The molecule has 0 atom stereocenters. The van der Waals surface area contributed by atoms with Crippen LogP contribution in [-0.4, -0.2) is 10.2 Å². The summed E-state index contributed by atoms with van der Waals surface area (Å²) in [5.41, 5.74) is 0. The molecule has 6 heteroatoms. The second-order valence-electron chi connectivity index (χ2n) is 1.60. The van der Waals surface area contributed by atoms with Gasteiger partial charge in [0.15, 0.2) is 0 Å². The summed E-state index contributed by atoms with van der Waals surface area (Å²) < 4.78 is 0. The number of hydrogen-bond donors (Lipinski definition) is 0. The van der Waals surface area contributed by atoms with Gasteiger partial charge in [0.25, 0.3) is 0 Å². The molecule has 0 aromatic rings. The molecule has 80 valence electrons. The van der Waals surface area contributed by atoms with Crippen molar-refractivity contribution in [3.05, 3.63) is 34.8 Å². The SMILES string of the molecule is C=CSCSSC=CSSCSC=C. The number of thioether (sulfide) groups is 2. The van der Waals surface area contributed by atoms with Crippen LogP contribution in [0, 0.1) is 0 Å². The number of hydrogen-bond acceptors (Lipinski definition) is 6. The Balaban J connectivity index is 3.03. The van der Waals surface area contributed by atoms with E-state index in [-0.39, 0.29) is 0 Å². The van der Waals surface area contributed by atoms with E-state index in [1.165, 1.54) is 0 Å². The van der Waals surface area contributed by atoms with Gasteiger partial charge in [0.2, 0.25) is 0 Å². The van der Waals surface area contributed by atoms with Gasteiger partial charge >= 0.3 is 0 Å². The average molecular weight is 301 g/mol. The van der Waals surface area contributed by atoms with E-state index in [2.05, 4.69) is 24.0 Å². The second kappa shape index (κ2) is 14.3. The lowest BCUT2D eigenvalue weighted by Gasteiger charge is -1.92. The van der Waals surface area contributed by atoms with Gasteiger partial charge in [-0.2, -0.15) is 0 Å². The van der Waals surface area contributed by atoms with E-state index in [1.54, 1.807) is 45.1 Å². The van der Waals surface area contributed by atoms with E-state index in [0.29, 0.717) is 0 Å². The normalized spacial score (nSPS) is 10.6. The van der Waals surface area contributed by atoms with E-state index in [9.17, 15) is 0 Å². The topological polar surface area (TPSA) is 0 Å². The predicted molar refractivity (Wildman–Crippen MR) is 84.8 cm³/mol. The molecular weight excluding hydrogens is 288 g/mol. The van der Waals surface area contributed by atoms with E-state index in [4.69, 9.17) is 0 Å². The molecule has 0 rings (SSSR count). The van der Waals surface area contributed by atoms with Crippen LogP contribution in [-0.2, 0) is 0 Å². The first-order valence-electron chi connectivity index (χ1n) is 3.58. The summed E-state index contributed by atoms with van der Waals surface area (Å²) in [4.78, 5) is 0. The molecule has 0 heterocycles. The Hall–Kier alpha value is 1.32. The van der Waals surface area contributed by atoms with Crippen LogP contribution in [0.5, 0.6) is 0 Å². The van der Waals surface area contributed by atoms with Crippen LogP contribution in [0.1, 0.15) is 0 Å². The molecule has 0 saturated carbocycles. The van der Waals surface area contributed by atoms with Crippen molar-refractivity contribution < 1.29 is 0 Å². The minimum absolute atomic E-state index is 1.06. The van der Waals surface area contributed by atoms with Gasteiger partial charge in [0.05, 0.1) is 10.2 Å². The van der Waals surface area contributed by atoms with Gasteiger partial charge < -0.3 is 0 Å². The summed E-state index contributed by atoms with van der Waals surface area (Å²) in [7, 11) is 7.17. The monoisotopic (exact) mass is 300 g/mol. The predicted octanol–water partition coefficient (Wildman–Crippen LogP) is 5.89. The summed E-state index contributed by atoms with van der Waals surface area (Å²) in [5, 5.41) is 10.1. The molecule has 0 aliphatic carbocycles. The van der Waals surface area contributed by atoms with Crippen molar-refractivity contribution in [2.75, 3.05) is 10.2 Å². The zero-order valence-electron chi connectivity index (χ0n) is 7.59. The molecule has 14 heavy (non-hydrogen) atoms. The van der Waals surface area contributed by atoms with Crippen LogP contribution < -0.4 is 0 Å². The highest BCUT2D eigenvalue weighted by molar-refractivity contribution is 8.80. The Morgan fingerprint density at radius 3 is 1.57 bits per heavy atom. The molecule has 0 nitrogen and oxygen atoms in total. The maximum atomic E-state index is 3.64. The maximum absolute atomic E-state index is 3.64. The molecular formula is C8H12S6. The molecule has 0 aromatic carbocycles. The summed E-state index contributed by atoms with van der Waals surface area (Å²) in [6.07, 6.45) is 0. The molecule has 0 unspecified atom stereocenters. The van der Waals surface area contributed by atoms with Gasteiger partial charge in [-0.1, -0.05) is 56.3 Å². The number of rotatable bonds is 10. The van der Waals surface area contributed by atoms with Crippen LogP contribution in [0.3, 0.4) is 0 Å². The van der Waals surface area contributed by atoms with Gasteiger partial charge in [-0.05, 0) is 21.6 Å².